The van der Waals surface area contributed by atoms with Gasteiger partial charge in [0.15, 0.2) is 0 Å². The molecule has 144 valence electrons. The Kier molecular flexibility index (Phi) is 5.69. The predicted molar refractivity (Wildman–Crippen MR) is 102 cm³/mol. The van der Waals surface area contributed by atoms with Gasteiger partial charge in [-0.2, -0.15) is 0 Å². The van der Waals surface area contributed by atoms with Crippen molar-refractivity contribution >= 4 is 15.9 Å². The molecule has 2 aliphatic rings. The van der Waals surface area contributed by atoms with E-state index in [4.69, 9.17) is 0 Å². The van der Waals surface area contributed by atoms with Crippen LogP contribution in [0.5, 0.6) is 0 Å². The fourth-order valence-electron chi connectivity index (χ4n) is 4.09. The van der Waals surface area contributed by atoms with E-state index in [-0.39, 0.29) is 17.9 Å². The van der Waals surface area contributed by atoms with Crippen molar-refractivity contribution < 1.29 is 13.2 Å². The van der Waals surface area contributed by atoms with Crippen molar-refractivity contribution in [3.63, 3.8) is 0 Å². The van der Waals surface area contributed by atoms with Gasteiger partial charge in [0.1, 0.15) is 0 Å². The summed E-state index contributed by atoms with van der Waals surface area (Å²) in [6.45, 7) is 7.32. The summed E-state index contributed by atoms with van der Waals surface area (Å²) in [5.41, 5.74) is 2.67. The number of amides is 1. The number of likely N-dealkylation sites (tertiary alicyclic amines) is 1. The van der Waals surface area contributed by atoms with Gasteiger partial charge in [0.05, 0.1) is 12.8 Å². The lowest BCUT2D eigenvalue weighted by Crippen LogP contribution is -2.43. The first-order chi connectivity index (χ1) is 12.2. The first-order valence-electron chi connectivity index (χ1n) is 9.27. The molecular weight excluding hydrogens is 350 g/mol. The highest BCUT2D eigenvalue weighted by atomic mass is 32.2. The third-order valence-corrected chi connectivity index (χ3v) is 6.24. The van der Waals surface area contributed by atoms with Crippen LogP contribution in [0.2, 0.25) is 0 Å². The quantitative estimate of drug-likeness (QED) is 0.831. The van der Waals surface area contributed by atoms with Crippen LogP contribution in [0.15, 0.2) is 24.3 Å². The number of rotatable bonds is 5. The molecular formula is C19H29N3O3S. The summed E-state index contributed by atoms with van der Waals surface area (Å²) in [4.78, 5) is 16.8. The number of benzene rings is 1. The molecule has 2 atom stereocenters. The van der Waals surface area contributed by atoms with Gasteiger partial charge in [0, 0.05) is 32.2 Å². The van der Waals surface area contributed by atoms with Gasteiger partial charge in [-0.05, 0) is 29.4 Å². The van der Waals surface area contributed by atoms with Gasteiger partial charge < -0.3 is 4.90 Å². The van der Waals surface area contributed by atoms with E-state index in [0.717, 1.165) is 19.5 Å². The Labute approximate surface area is 156 Å². The fourth-order valence-corrected chi connectivity index (χ4v) is 4.89. The number of hydrogen-bond donors (Lipinski definition) is 1. The van der Waals surface area contributed by atoms with Crippen LogP contribution in [-0.4, -0.2) is 62.6 Å². The molecule has 7 heteroatoms. The van der Waals surface area contributed by atoms with E-state index >= 15 is 0 Å². The summed E-state index contributed by atoms with van der Waals surface area (Å²) in [6, 6.07) is 8.19. The van der Waals surface area contributed by atoms with Crippen LogP contribution in [-0.2, 0) is 27.8 Å². The molecule has 1 saturated heterocycles. The summed E-state index contributed by atoms with van der Waals surface area (Å²) in [5.74, 6) is 0.553. The predicted octanol–water partition coefficient (Wildman–Crippen LogP) is 1.08. The van der Waals surface area contributed by atoms with Gasteiger partial charge in [-0.25, -0.2) is 13.1 Å². The van der Waals surface area contributed by atoms with E-state index in [1.165, 1.54) is 17.4 Å². The molecule has 1 fully saturated rings. The maximum atomic E-state index is 12.8. The summed E-state index contributed by atoms with van der Waals surface area (Å²) in [6.07, 6.45) is 2.15. The van der Waals surface area contributed by atoms with Gasteiger partial charge in [0.25, 0.3) is 0 Å². The average Bonchev–Trinajstić information content (AvgIpc) is 2.97. The van der Waals surface area contributed by atoms with Gasteiger partial charge in [-0.3, -0.25) is 9.69 Å². The Morgan fingerprint density at radius 3 is 2.58 bits per heavy atom. The molecule has 1 aromatic carbocycles. The minimum Gasteiger partial charge on any atom is -0.340 e. The van der Waals surface area contributed by atoms with Gasteiger partial charge in [0.2, 0.25) is 15.9 Å². The second-order valence-corrected chi connectivity index (χ2v) is 9.71. The molecule has 2 unspecified atom stereocenters. The molecule has 0 bridgehead atoms. The van der Waals surface area contributed by atoms with Crippen LogP contribution in [0.1, 0.15) is 25.0 Å². The number of carbonyl (C=O) groups excluding carboxylic acids is 1. The smallest absolute Gasteiger partial charge is 0.236 e. The SMILES string of the molecule is CC(C)C1CN(C(=O)CN2CCc3ccccc3C2)CC1NS(C)(=O)=O. The molecule has 3 rings (SSSR count). The summed E-state index contributed by atoms with van der Waals surface area (Å²) in [5, 5.41) is 0. The van der Waals surface area contributed by atoms with E-state index in [9.17, 15) is 13.2 Å². The Bertz CT molecular complexity index is 763. The van der Waals surface area contributed by atoms with Crippen molar-refractivity contribution in [3.8, 4) is 0 Å². The first-order valence-corrected chi connectivity index (χ1v) is 11.2. The number of sulfonamides is 1. The summed E-state index contributed by atoms with van der Waals surface area (Å²) >= 11 is 0. The van der Waals surface area contributed by atoms with Crippen LogP contribution >= 0.6 is 0 Å². The van der Waals surface area contributed by atoms with E-state index < -0.39 is 10.0 Å². The van der Waals surface area contributed by atoms with Crippen molar-refractivity contribution in [2.75, 3.05) is 32.4 Å². The molecule has 2 heterocycles. The zero-order valence-electron chi connectivity index (χ0n) is 15.8. The summed E-state index contributed by atoms with van der Waals surface area (Å²) in [7, 11) is -3.28. The third-order valence-electron chi connectivity index (χ3n) is 5.51. The molecule has 0 radical (unpaired) electrons. The Balaban J connectivity index is 1.62. The van der Waals surface area contributed by atoms with Crippen LogP contribution in [0, 0.1) is 11.8 Å². The second kappa shape index (κ2) is 7.66. The summed E-state index contributed by atoms with van der Waals surface area (Å²) < 4.78 is 26.0. The number of nitrogens with zero attached hydrogens (tertiary/aromatic N) is 2. The number of fused-ring (bicyclic) bond motifs is 1. The molecule has 0 saturated carbocycles. The number of nitrogens with one attached hydrogen (secondary N) is 1. The molecule has 26 heavy (non-hydrogen) atoms. The van der Waals surface area contributed by atoms with Crippen LogP contribution in [0.3, 0.4) is 0 Å². The molecule has 6 nitrogen and oxygen atoms in total. The van der Waals surface area contributed by atoms with Crippen LogP contribution < -0.4 is 4.72 Å². The van der Waals surface area contributed by atoms with Crippen molar-refractivity contribution in [2.24, 2.45) is 11.8 Å². The molecule has 0 aromatic heterocycles. The molecule has 1 amide bonds. The van der Waals surface area contributed by atoms with Crippen LogP contribution in [0.4, 0.5) is 0 Å². The lowest BCUT2D eigenvalue weighted by molar-refractivity contribution is -0.131. The fraction of sp³-hybridized carbons (Fsp3) is 0.632. The third kappa shape index (κ3) is 4.64. The number of carbonyl (C=O) groups is 1. The largest absolute Gasteiger partial charge is 0.340 e. The normalized spacial score (nSPS) is 24.1. The minimum atomic E-state index is -3.28. The van der Waals surface area contributed by atoms with Crippen LogP contribution in [0.25, 0.3) is 0 Å². The monoisotopic (exact) mass is 379 g/mol. The average molecular weight is 380 g/mol. The Hall–Kier alpha value is -1.44. The van der Waals surface area contributed by atoms with Crippen molar-refractivity contribution in [1.29, 1.82) is 0 Å². The maximum Gasteiger partial charge on any atom is 0.236 e. The highest BCUT2D eigenvalue weighted by Gasteiger charge is 2.38. The topological polar surface area (TPSA) is 69.7 Å². The molecule has 2 aliphatic heterocycles. The van der Waals surface area contributed by atoms with E-state index in [2.05, 4.69) is 41.7 Å². The Morgan fingerprint density at radius 2 is 1.92 bits per heavy atom. The van der Waals surface area contributed by atoms with Crippen molar-refractivity contribution in [3.05, 3.63) is 35.4 Å². The van der Waals surface area contributed by atoms with E-state index in [1.807, 2.05) is 11.0 Å². The lowest BCUT2D eigenvalue weighted by atomic mass is 9.92. The van der Waals surface area contributed by atoms with Crippen molar-refractivity contribution in [2.45, 2.75) is 32.9 Å². The zero-order valence-corrected chi connectivity index (χ0v) is 16.6. The highest BCUT2D eigenvalue weighted by Crippen LogP contribution is 2.26. The minimum absolute atomic E-state index is 0.0906. The molecule has 1 aromatic rings. The van der Waals surface area contributed by atoms with Gasteiger partial charge in [-0.15, -0.1) is 0 Å². The van der Waals surface area contributed by atoms with Gasteiger partial charge >= 0.3 is 0 Å². The lowest BCUT2D eigenvalue weighted by Gasteiger charge is -2.29. The van der Waals surface area contributed by atoms with E-state index in [1.54, 1.807) is 0 Å². The Morgan fingerprint density at radius 1 is 1.23 bits per heavy atom. The van der Waals surface area contributed by atoms with Gasteiger partial charge in [-0.1, -0.05) is 38.1 Å². The van der Waals surface area contributed by atoms with Crippen molar-refractivity contribution in [1.82, 2.24) is 14.5 Å². The standard InChI is InChI=1S/C19H29N3O3S/c1-14(2)17-11-22(12-18(17)20-26(3,24)25)19(23)13-21-9-8-15-6-4-5-7-16(15)10-21/h4-7,14,17-18,20H,8-13H2,1-3H3. The molecule has 0 aliphatic carbocycles. The zero-order chi connectivity index (χ0) is 18.9. The molecule has 1 N–H and O–H groups in total. The highest BCUT2D eigenvalue weighted by molar-refractivity contribution is 7.88. The first kappa shape index (κ1) is 19.3. The molecule has 0 spiro atoms. The van der Waals surface area contributed by atoms with E-state index in [0.29, 0.717) is 25.6 Å². The number of hydrogen-bond acceptors (Lipinski definition) is 4. The maximum absolute atomic E-state index is 12.8. The second-order valence-electron chi connectivity index (χ2n) is 7.93.